The van der Waals surface area contributed by atoms with Gasteiger partial charge in [-0.3, -0.25) is 19.6 Å². The fourth-order valence-electron chi connectivity index (χ4n) is 5.98. The zero-order valence-electron chi connectivity index (χ0n) is 20.5. The number of rotatable bonds is 7. The van der Waals surface area contributed by atoms with Gasteiger partial charge in [-0.15, -0.1) is 0 Å². The SMILES string of the molecule is CNC(=O)C1(c2ccccn2)CCCN(C(=O)C2(CCCc3cccnc3)CCCN(C)C2)C1. The quantitative estimate of drug-likeness (QED) is 0.683. The van der Waals surface area contributed by atoms with Crippen LogP contribution in [0.4, 0.5) is 0 Å². The van der Waals surface area contributed by atoms with Crippen molar-refractivity contribution >= 4 is 11.8 Å². The van der Waals surface area contributed by atoms with Crippen LogP contribution < -0.4 is 5.32 Å². The van der Waals surface area contributed by atoms with Crippen molar-refractivity contribution in [1.82, 2.24) is 25.1 Å². The van der Waals surface area contributed by atoms with Crippen LogP contribution in [-0.2, 0) is 21.4 Å². The van der Waals surface area contributed by atoms with Crippen molar-refractivity contribution in [3.05, 3.63) is 60.2 Å². The minimum absolute atomic E-state index is 0.0601. The molecule has 0 aliphatic carbocycles. The van der Waals surface area contributed by atoms with Crippen molar-refractivity contribution in [3.63, 3.8) is 0 Å². The number of hydrogen-bond acceptors (Lipinski definition) is 5. The molecule has 0 aromatic carbocycles. The van der Waals surface area contributed by atoms with Crippen molar-refractivity contribution in [1.29, 1.82) is 0 Å². The molecule has 2 amide bonds. The van der Waals surface area contributed by atoms with Crippen molar-refractivity contribution in [2.24, 2.45) is 5.41 Å². The number of hydrogen-bond donors (Lipinski definition) is 1. The first-order chi connectivity index (χ1) is 16.5. The summed E-state index contributed by atoms with van der Waals surface area (Å²) in [6.45, 7) is 2.87. The minimum atomic E-state index is -0.804. The highest BCUT2D eigenvalue weighted by Crippen LogP contribution is 2.40. The summed E-state index contributed by atoms with van der Waals surface area (Å²) in [7, 11) is 3.78. The van der Waals surface area contributed by atoms with E-state index in [0.717, 1.165) is 57.3 Å². The molecule has 4 heterocycles. The van der Waals surface area contributed by atoms with Crippen LogP contribution in [0.3, 0.4) is 0 Å². The molecular weight excluding hydrogens is 426 g/mol. The number of aryl methyl sites for hydroxylation is 1. The Morgan fingerprint density at radius 3 is 2.62 bits per heavy atom. The summed E-state index contributed by atoms with van der Waals surface area (Å²) in [5.41, 5.74) is 0.742. The summed E-state index contributed by atoms with van der Waals surface area (Å²) in [4.78, 5) is 40.5. The van der Waals surface area contributed by atoms with E-state index in [-0.39, 0.29) is 11.8 Å². The van der Waals surface area contributed by atoms with Gasteiger partial charge in [0.05, 0.1) is 11.1 Å². The zero-order valence-corrected chi connectivity index (χ0v) is 20.5. The number of aromatic nitrogens is 2. The van der Waals surface area contributed by atoms with Crippen LogP contribution in [0.15, 0.2) is 48.9 Å². The van der Waals surface area contributed by atoms with Crippen molar-refractivity contribution in [2.45, 2.75) is 50.4 Å². The number of pyridine rings is 2. The average Bonchev–Trinajstić information content (AvgIpc) is 2.89. The Bertz CT molecular complexity index is 970. The van der Waals surface area contributed by atoms with Crippen molar-refractivity contribution < 1.29 is 9.59 Å². The molecule has 2 aliphatic rings. The predicted molar refractivity (Wildman–Crippen MR) is 132 cm³/mol. The number of amides is 2. The van der Waals surface area contributed by atoms with Crippen LogP contribution in [0, 0.1) is 5.41 Å². The standard InChI is InChI=1S/C27H37N5O2/c1-28-24(33)27(23-11-3-4-16-30-23)14-8-18-32(21-27)25(34)26(13-7-17-31(2)20-26)12-5-9-22-10-6-15-29-19-22/h3-4,6,10-11,15-16,19H,5,7-9,12-14,17-18,20-21H2,1-2H3,(H,28,33). The smallest absolute Gasteiger partial charge is 0.233 e. The molecule has 2 fully saturated rings. The summed E-state index contributed by atoms with van der Waals surface area (Å²) in [5, 5.41) is 2.85. The van der Waals surface area contributed by atoms with Gasteiger partial charge in [-0.2, -0.15) is 0 Å². The van der Waals surface area contributed by atoms with Gasteiger partial charge in [0.2, 0.25) is 11.8 Å². The van der Waals surface area contributed by atoms with E-state index in [4.69, 9.17) is 0 Å². The topological polar surface area (TPSA) is 78.4 Å². The van der Waals surface area contributed by atoms with E-state index in [1.807, 2.05) is 35.4 Å². The van der Waals surface area contributed by atoms with E-state index >= 15 is 0 Å². The van der Waals surface area contributed by atoms with Gasteiger partial charge in [0, 0.05) is 45.3 Å². The fraction of sp³-hybridized carbons (Fsp3) is 0.556. The van der Waals surface area contributed by atoms with Gasteiger partial charge < -0.3 is 15.1 Å². The van der Waals surface area contributed by atoms with Crippen LogP contribution >= 0.6 is 0 Å². The summed E-state index contributed by atoms with van der Waals surface area (Å²) >= 11 is 0. The monoisotopic (exact) mass is 463 g/mol. The lowest BCUT2D eigenvalue weighted by Gasteiger charge is -2.47. The van der Waals surface area contributed by atoms with E-state index in [2.05, 4.69) is 33.3 Å². The molecule has 2 aliphatic heterocycles. The number of carbonyl (C=O) groups is 2. The molecule has 34 heavy (non-hydrogen) atoms. The molecule has 182 valence electrons. The lowest BCUT2D eigenvalue weighted by atomic mass is 9.71. The van der Waals surface area contributed by atoms with E-state index in [1.54, 1.807) is 19.4 Å². The maximum atomic E-state index is 14.2. The molecule has 4 rings (SSSR count). The van der Waals surface area contributed by atoms with Crippen LogP contribution in [-0.4, -0.2) is 71.9 Å². The number of likely N-dealkylation sites (tertiary alicyclic amines) is 2. The van der Waals surface area contributed by atoms with Crippen LogP contribution in [0.25, 0.3) is 0 Å². The Labute approximate surface area is 203 Å². The number of likely N-dealkylation sites (N-methyl/N-ethyl adjacent to an activating group) is 1. The Hall–Kier alpha value is -2.80. The van der Waals surface area contributed by atoms with Gasteiger partial charge in [0.25, 0.3) is 0 Å². The number of piperidine rings is 2. The molecule has 2 saturated heterocycles. The zero-order chi connectivity index (χ0) is 24.0. The lowest BCUT2D eigenvalue weighted by molar-refractivity contribution is -0.150. The molecule has 7 nitrogen and oxygen atoms in total. The Balaban J connectivity index is 1.57. The van der Waals surface area contributed by atoms with Crippen LogP contribution in [0.2, 0.25) is 0 Å². The summed E-state index contributed by atoms with van der Waals surface area (Å²) in [6, 6.07) is 9.77. The number of carbonyl (C=O) groups excluding carboxylic acids is 2. The number of nitrogens with one attached hydrogen (secondary N) is 1. The van der Waals surface area contributed by atoms with Gasteiger partial charge >= 0.3 is 0 Å². The van der Waals surface area contributed by atoms with Crippen molar-refractivity contribution in [2.75, 3.05) is 40.3 Å². The minimum Gasteiger partial charge on any atom is -0.358 e. The number of nitrogens with zero attached hydrogens (tertiary/aromatic N) is 4. The van der Waals surface area contributed by atoms with E-state index in [9.17, 15) is 9.59 Å². The van der Waals surface area contributed by atoms with Crippen LogP contribution in [0.1, 0.15) is 49.8 Å². The Morgan fingerprint density at radius 1 is 1.06 bits per heavy atom. The molecule has 7 heteroatoms. The molecule has 2 unspecified atom stereocenters. The van der Waals surface area contributed by atoms with Gasteiger partial charge in [-0.05, 0) is 82.3 Å². The van der Waals surface area contributed by atoms with Gasteiger partial charge in [-0.1, -0.05) is 12.1 Å². The third kappa shape index (κ3) is 4.99. The van der Waals surface area contributed by atoms with Gasteiger partial charge in [0.15, 0.2) is 0 Å². The maximum absolute atomic E-state index is 14.2. The molecule has 1 N–H and O–H groups in total. The summed E-state index contributed by atoms with van der Waals surface area (Å²) in [6.07, 6.45) is 11.5. The van der Waals surface area contributed by atoms with Gasteiger partial charge in [0.1, 0.15) is 5.41 Å². The van der Waals surface area contributed by atoms with E-state index in [0.29, 0.717) is 19.5 Å². The molecular formula is C27H37N5O2. The summed E-state index contributed by atoms with van der Waals surface area (Å²) < 4.78 is 0. The Kier molecular flexibility index (Phi) is 7.61. The predicted octanol–water partition coefficient (Wildman–Crippen LogP) is 2.82. The average molecular weight is 464 g/mol. The second kappa shape index (κ2) is 10.6. The van der Waals surface area contributed by atoms with E-state index in [1.165, 1.54) is 5.56 Å². The molecule has 2 atom stereocenters. The van der Waals surface area contributed by atoms with E-state index < -0.39 is 10.8 Å². The third-order valence-corrected chi connectivity index (χ3v) is 7.66. The second-order valence-electron chi connectivity index (χ2n) is 10.0. The highest BCUT2D eigenvalue weighted by molar-refractivity contribution is 5.90. The molecule has 0 bridgehead atoms. The third-order valence-electron chi connectivity index (χ3n) is 7.66. The van der Waals surface area contributed by atoms with Crippen molar-refractivity contribution in [3.8, 4) is 0 Å². The second-order valence-corrected chi connectivity index (χ2v) is 10.0. The first-order valence-electron chi connectivity index (χ1n) is 12.5. The molecule has 0 radical (unpaired) electrons. The van der Waals surface area contributed by atoms with Crippen LogP contribution in [0.5, 0.6) is 0 Å². The fourth-order valence-corrected chi connectivity index (χ4v) is 5.98. The first-order valence-corrected chi connectivity index (χ1v) is 12.5. The lowest BCUT2D eigenvalue weighted by Crippen LogP contribution is -2.60. The first kappa shape index (κ1) is 24.3. The maximum Gasteiger partial charge on any atom is 0.233 e. The molecule has 0 saturated carbocycles. The molecule has 2 aromatic rings. The largest absolute Gasteiger partial charge is 0.358 e. The highest BCUT2D eigenvalue weighted by Gasteiger charge is 2.50. The molecule has 2 aromatic heterocycles. The normalized spacial score (nSPS) is 25.6. The summed E-state index contributed by atoms with van der Waals surface area (Å²) in [5.74, 6) is 0.143. The van der Waals surface area contributed by atoms with Gasteiger partial charge in [-0.25, -0.2) is 0 Å². The Morgan fingerprint density at radius 2 is 1.91 bits per heavy atom. The highest BCUT2D eigenvalue weighted by atomic mass is 16.2. The molecule has 0 spiro atoms.